The Balaban J connectivity index is 1.58. The van der Waals surface area contributed by atoms with E-state index in [0.29, 0.717) is 35.0 Å². The van der Waals surface area contributed by atoms with Crippen LogP contribution in [-0.2, 0) is 11.3 Å². The maximum absolute atomic E-state index is 12.7. The standard InChI is InChI=1S/C20H16FN7O3/c21-7-14(8-22)10-28-20(30)27(12-24-28)17-3-1-2-15(25-17)5-4-13-6-16-19(23-9-13)26-18(29)11-31-16/h1-3,6-7,9,12H,8,10-11,22H2,(H,23,26,29)/b14-7+. The molecule has 11 heteroatoms. The summed E-state index contributed by atoms with van der Waals surface area (Å²) in [6.07, 6.45) is 3.17. The number of nitrogens with one attached hydrogen (secondary N) is 1. The largest absolute Gasteiger partial charge is 0.480 e. The number of halogens is 1. The summed E-state index contributed by atoms with van der Waals surface area (Å²) in [6, 6.07) is 6.69. The van der Waals surface area contributed by atoms with Crippen LogP contribution in [-0.4, -0.2) is 43.4 Å². The number of carbonyl (C=O) groups is 1. The van der Waals surface area contributed by atoms with Crippen molar-refractivity contribution >= 4 is 11.7 Å². The first-order chi connectivity index (χ1) is 15.1. The van der Waals surface area contributed by atoms with Gasteiger partial charge in [-0.1, -0.05) is 12.0 Å². The first-order valence-corrected chi connectivity index (χ1v) is 9.12. The fourth-order valence-corrected chi connectivity index (χ4v) is 2.73. The predicted octanol–water partition coefficient (Wildman–Crippen LogP) is 0.367. The average Bonchev–Trinajstić information content (AvgIpc) is 3.16. The summed E-state index contributed by atoms with van der Waals surface area (Å²) >= 11 is 0. The molecule has 156 valence electrons. The number of fused-ring (bicyclic) bond motifs is 1. The van der Waals surface area contributed by atoms with Gasteiger partial charge in [0, 0.05) is 24.4 Å². The number of aromatic nitrogens is 5. The van der Waals surface area contributed by atoms with Gasteiger partial charge in [-0.25, -0.2) is 28.4 Å². The minimum Gasteiger partial charge on any atom is -0.480 e. The van der Waals surface area contributed by atoms with Crippen LogP contribution in [0.4, 0.5) is 10.2 Å². The maximum atomic E-state index is 12.7. The molecule has 0 atom stereocenters. The zero-order valence-corrected chi connectivity index (χ0v) is 16.1. The van der Waals surface area contributed by atoms with Gasteiger partial charge in [0.15, 0.2) is 18.2 Å². The molecular formula is C20H16FN7O3. The van der Waals surface area contributed by atoms with Crippen LogP contribution >= 0.6 is 0 Å². The lowest BCUT2D eigenvalue weighted by molar-refractivity contribution is -0.118. The third-order valence-electron chi connectivity index (χ3n) is 4.29. The molecule has 31 heavy (non-hydrogen) atoms. The first kappa shape index (κ1) is 20.0. The predicted molar refractivity (Wildman–Crippen MR) is 108 cm³/mol. The summed E-state index contributed by atoms with van der Waals surface area (Å²) in [5.41, 5.74) is 6.16. The Labute approximate surface area is 175 Å². The molecule has 0 unspecified atom stereocenters. The molecule has 0 saturated carbocycles. The van der Waals surface area contributed by atoms with Crippen LogP contribution in [0.3, 0.4) is 0 Å². The van der Waals surface area contributed by atoms with Crippen LogP contribution in [0, 0.1) is 11.8 Å². The second kappa shape index (κ2) is 8.60. The molecule has 4 heterocycles. The summed E-state index contributed by atoms with van der Waals surface area (Å²) in [7, 11) is 0. The number of hydrogen-bond acceptors (Lipinski definition) is 7. The van der Waals surface area contributed by atoms with Crippen molar-refractivity contribution < 1.29 is 13.9 Å². The lowest BCUT2D eigenvalue weighted by atomic mass is 10.2. The smallest absolute Gasteiger partial charge is 0.351 e. The Bertz CT molecular complexity index is 1300. The summed E-state index contributed by atoms with van der Waals surface area (Å²) in [6.45, 7) is -0.147. The van der Waals surface area contributed by atoms with E-state index in [9.17, 15) is 14.0 Å². The number of pyridine rings is 2. The van der Waals surface area contributed by atoms with Gasteiger partial charge in [-0.3, -0.25) is 4.79 Å². The van der Waals surface area contributed by atoms with Gasteiger partial charge in [0.1, 0.15) is 17.8 Å². The van der Waals surface area contributed by atoms with Gasteiger partial charge >= 0.3 is 5.69 Å². The van der Waals surface area contributed by atoms with Crippen LogP contribution in [0.1, 0.15) is 11.3 Å². The molecular weight excluding hydrogens is 405 g/mol. The summed E-state index contributed by atoms with van der Waals surface area (Å²) in [4.78, 5) is 32.3. The van der Waals surface area contributed by atoms with E-state index in [0.717, 1.165) is 4.68 Å². The number of nitrogens with two attached hydrogens (primary N) is 1. The van der Waals surface area contributed by atoms with Gasteiger partial charge in [-0.2, -0.15) is 5.10 Å². The van der Waals surface area contributed by atoms with E-state index in [1.165, 1.54) is 17.1 Å². The van der Waals surface area contributed by atoms with Crippen molar-refractivity contribution in [2.45, 2.75) is 6.54 Å². The van der Waals surface area contributed by atoms with E-state index in [-0.39, 0.29) is 31.2 Å². The Morgan fingerprint density at radius 2 is 2.23 bits per heavy atom. The Kier molecular flexibility index (Phi) is 5.55. The molecule has 0 aromatic carbocycles. The minimum atomic E-state index is -0.483. The number of anilines is 1. The van der Waals surface area contributed by atoms with Gasteiger partial charge in [-0.05, 0) is 23.6 Å². The molecule has 1 amide bonds. The number of amides is 1. The second-order valence-corrected chi connectivity index (χ2v) is 6.45. The van der Waals surface area contributed by atoms with E-state index < -0.39 is 5.69 Å². The van der Waals surface area contributed by atoms with Crippen molar-refractivity contribution in [3.8, 4) is 23.4 Å². The Hall–Kier alpha value is -4.30. The number of carbonyl (C=O) groups excluding carboxylic acids is 1. The van der Waals surface area contributed by atoms with E-state index >= 15 is 0 Å². The van der Waals surface area contributed by atoms with Crippen LogP contribution in [0.15, 0.2) is 53.5 Å². The normalized spacial score (nSPS) is 13.0. The van der Waals surface area contributed by atoms with Gasteiger partial charge in [0.25, 0.3) is 5.91 Å². The van der Waals surface area contributed by atoms with Crippen molar-refractivity contribution in [3.05, 3.63) is 70.4 Å². The van der Waals surface area contributed by atoms with Gasteiger partial charge in [0.05, 0.1) is 12.9 Å². The highest BCUT2D eigenvalue weighted by Gasteiger charge is 2.17. The zero-order chi connectivity index (χ0) is 21.8. The number of rotatable bonds is 4. The highest BCUT2D eigenvalue weighted by atomic mass is 19.1. The van der Waals surface area contributed by atoms with Crippen molar-refractivity contribution in [1.29, 1.82) is 0 Å². The van der Waals surface area contributed by atoms with Crippen molar-refractivity contribution in [2.24, 2.45) is 5.73 Å². The summed E-state index contributed by atoms with van der Waals surface area (Å²) in [5.74, 6) is 6.66. The number of ether oxygens (including phenoxy) is 1. The fourth-order valence-electron chi connectivity index (χ4n) is 2.73. The van der Waals surface area contributed by atoms with E-state index in [4.69, 9.17) is 10.5 Å². The molecule has 3 N–H and O–H groups in total. The molecule has 4 rings (SSSR count). The fraction of sp³-hybridized carbons (Fsp3) is 0.150. The molecule has 3 aromatic heterocycles. The Morgan fingerprint density at radius 3 is 3.03 bits per heavy atom. The highest BCUT2D eigenvalue weighted by Crippen LogP contribution is 2.25. The van der Waals surface area contributed by atoms with Crippen LogP contribution in [0.2, 0.25) is 0 Å². The quantitative estimate of drug-likeness (QED) is 0.582. The molecule has 0 aliphatic carbocycles. The van der Waals surface area contributed by atoms with Crippen LogP contribution in [0.5, 0.6) is 5.75 Å². The first-order valence-electron chi connectivity index (χ1n) is 9.12. The van der Waals surface area contributed by atoms with E-state index in [2.05, 4.69) is 32.2 Å². The summed E-state index contributed by atoms with van der Waals surface area (Å²) < 4.78 is 20.4. The third-order valence-corrected chi connectivity index (χ3v) is 4.29. The molecule has 0 saturated heterocycles. The summed E-state index contributed by atoms with van der Waals surface area (Å²) in [5, 5.41) is 6.58. The zero-order valence-electron chi connectivity index (χ0n) is 16.1. The molecule has 0 spiro atoms. The average molecular weight is 421 g/mol. The number of nitrogens with zero attached hydrogens (tertiary/aromatic N) is 5. The molecule has 3 aromatic rings. The molecule has 10 nitrogen and oxygen atoms in total. The maximum Gasteiger partial charge on any atom is 0.351 e. The monoisotopic (exact) mass is 421 g/mol. The molecule has 0 fully saturated rings. The SMILES string of the molecule is NC/C(=C\F)Cn1ncn(-c2cccc(C#Cc3cnc4c(c3)OCC(=O)N4)n2)c1=O. The van der Waals surface area contributed by atoms with Crippen molar-refractivity contribution in [1.82, 2.24) is 24.3 Å². The lowest BCUT2D eigenvalue weighted by Gasteiger charge is -2.16. The second-order valence-electron chi connectivity index (χ2n) is 6.45. The highest BCUT2D eigenvalue weighted by molar-refractivity contribution is 5.94. The Morgan fingerprint density at radius 1 is 1.35 bits per heavy atom. The molecule has 0 radical (unpaired) electrons. The van der Waals surface area contributed by atoms with Crippen LogP contribution < -0.4 is 21.5 Å². The van der Waals surface area contributed by atoms with Gasteiger partial charge in [-0.15, -0.1) is 0 Å². The number of hydrogen-bond donors (Lipinski definition) is 2. The molecule has 1 aliphatic rings. The van der Waals surface area contributed by atoms with Crippen LogP contribution in [0.25, 0.3) is 5.82 Å². The minimum absolute atomic E-state index is 0.0198. The molecule has 0 bridgehead atoms. The topological polar surface area (TPSA) is 130 Å². The van der Waals surface area contributed by atoms with E-state index in [1.807, 2.05) is 0 Å². The van der Waals surface area contributed by atoms with Gasteiger partial charge in [0.2, 0.25) is 0 Å². The van der Waals surface area contributed by atoms with Crippen molar-refractivity contribution in [2.75, 3.05) is 18.5 Å². The molecule has 1 aliphatic heterocycles. The lowest BCUT2D eigenvalue weighted by Crippen LogP contribution is -2.26. The van der Waals surface area contributed by atoms with Gasteiger partial charge < -0.3 is 15.8 Å². The van der Waals surface area contributed by atoms with E-state index in [1.54, 1.807) is 24.3 Å². The van der Waals surface area contributed by atoms with Crippen molar-refractivity contribution in [3.63, 3.8) is 0 Å². The third kappa shape index (κ3) is 4.34.